The van der Waals surface area contributed by atoms with E-state index in [2.05, 4.69) is 4.98 Å². The topological polar surface area (TPSA) is 77.6 Å². The Morgan fingerprint density at radius 1 is 1.50 bits per heavy atom. The first-order chi connectivity index (χ1) is 6.74. The number of methoxy groups -OCH3 is 2. The Bertz CT molecular complexity index is 282. The lowest BCUT2D eigenvalue weighted by atomic mass is 10.1. The summed E-state index contributed by atoms with van der Waals surface area (Å²) < 4.78 is 10.1. The number of hydrogen-bond donors (Lipinski definition) is 2. The zero-order chi connectivity index (χ0) is 10.6. The lowest BCUT2D eigenvalue weighted by molar-refractivity contribution is 0.176. The molecule has 14 heavy (non-hydrogen) atoms. The van der Waals surface area contributed by atoms with Crippen LogP contribution in [-0.2, 0) is 0 Å². The van der Waals surface area contributed by atoms with Crippen molar-refractivity contribution in [1.82, 2.24) is 4.98 Å². The molecule has 3 N–H and O–H groups in total. The minimum Gasteiger partial charge on any atom is -0.496 e. The van der Waals surface area contributed by atoms with Gasteiger partial charge in [-0.1, -0.05) is 0 Å². The van der Waals surface area contributed by atoms with Gasteiger partial charge < -0.3 is 20.3 Å². The summed E-state index contributed by atoms with van der Waals surface area (Å²) in [5, 5.41) is 9.63. The van der Waals surface area contributed by atoms with Crippen LogP contribution in [0.3, 0.4) is 0 Å². The van der Waals surface area contributed by atoms with Crippen molar-refractivity contribution in [2.45, 2.75) is 6.10 Å². The number of nitrogens with two attached hydrogens (primary N) is 1. The van der Waals surface area contributed by atoms with Crippen LogP contribution in [0.2, 0.25) is 0 Å². The number of aliphatic hydroxyl groups excluding tert-OH is 1. The molecule has 5 nitrogen and oxygen atoms in total. The number of pyridine rings is 1. The Balaban J connectivity index is 3.18. The fourth-order valence-electron chi connectivity index (χ4n) is 1.20. The highest BCUT2D eigenvalue weighted by atomic mass is 16.5. The van der Waals surface area contributed by atoms with Gasteiger partial charge in [-0.25, -0.2) is 4.98 Å². The van der Waals surface area contributed by atoms with Gasteiger partial charge in [-0.05, 0) is 6.07 Å². The van der Waals surface area contributed by atoms with Crippen molar-refractivity contribution in [1.29, 1.82) is 0 Å². The van der Waals surface area contributed by atoms with Gasteiger partial charge in [0.2, 0.25) is 5.88 Å². The standard InChI is InChI=1S/C9H14N2O3/c1-13-7-3-4-11-9(14-2)8(7)6(12)5-10/h3-4,6,12H,5,10H2,1-2H3. The van der Waals surface area contributed by atoms with E-state index in [1.165, 1.54) is 14.2 Å². The van der Waals surface area contributed by atoms with E-state index < -0.39 is 6.10 Å². The highest BCUT2D eigenvalue weighted by Crippen LogP contribution is 2.31. The minimum atomic E-state index is -0.825. The molecule has 78 valence electrons. The van der Waals surface area contributed by atoms with Crippen LogP contribution in [-0.4, -0.2) is 30.9 Å². The van der Waals surface area contributed by atoms with Crippen LogP contribution in [0.15, 0.2) is 12.3 Å². The van der Waals surface area contributed by atoms with Crippen LogP contribution >= 0.6 is 0 Å². The summed E-state index contributed by atoms with van der Waals surface area (Å²) in [5.74, 6) is 0.858. The quantitative estimate of drug-likeness (QED) is 0.717. The second kappa shape index (κ2) is 4.78. The van der Waals surface area contributed by atoms with Crippen LogP contribution < -0.4 is 15.2 Å². The Hall–Kier alpha value is -1.33. The fraction of sp³-hybridized carbons (Fsp3) is 0.444. The van der Waals surface area contributed by atoms with E-state index in [1.54, 1.807) is 12.3 Å². The van der Waals surface area contributed by atoms with Crippen molar-refractivity contribution in [3.8, 4) is 11.6 Å². The number of ether oxygens (including phenoxy) is 2. The van der Waals surface area contributed by atoms with Crippen molar-refractivity contribution >= 4 is 0 Å². The monoisotopic (exact) mass is 198 g/mol. The van der Waals surface area contributed by atoms with Gasteiger partial charge in [0.25, 0.3) is 0 Å². The molecule has 0 saturated carbocycles. The number of aromatic nitrogens is 1. The second-order valence-electron chi connectivity index (χ2n) is 2.69. The molecule has 0 spiro atoms. The molecule has 5 heteroatoms. The van der Waals surface area contributed by atoms with Crippen LogP contribution in [0.1, 0.15) is 11.7 Å². The molecule has 0 aliphatic rings. The molecule has 0 radical (unpaired) electrons. The van der Waals surface area contributed by atoms with Crippen molar-refractivity contribution in [3.05, 3.63) is 17.8 Å². The summed E-state index contributed by atoms with van der Waals surface area (Å²) in [7, 11) is 3.00. The lowest BCUT2D eigenvalue weighted by Gasteiger charge is -2.15. The van der Waals surface area contributed by atoms with Crippen LogP contribution in [0, 0.1) is 0 Å². The van der Waals surface area contributed by atoms with E-state index in [1.807, 2.05) is 0 Å². The zero-order valence-electron chi connectivity index (χ0n) is 8.23. The summed E-state index contributed by atoms with van der Waals surface area (Å²) in [6, 6.07) is 1.65. The Morgan fingerprint density at radius 2 is 2.21 bits per heavy atom. The number of hydrogen-bond acceptors (Lipinski definition) is 5. The molecule has 0 aliphatic carbocycles. The summed E-state index contributed by atoms with van der Waals surface area (Å²) in [5.41, 5.74) is 5.85. The Morgan fingerprint density at radius 3 is 2.71 bits per heavy atom. The molecule has 0 aliphatic heterocycles. The molecule has 1 heterocycles. The normalized spacial score (nSPS) is 12.3. The molecule has 1 aromatic heterocycles. The van der Waals surface area contributed by atoms with Crippen molar-refractivity contribution < 1.29 is 14.6 Å². The molecule has 1 rings (SSSR count). The maximum atomic E-state index is 9.63. The highest BCUT2D eigenvalue weighted by molar-refractivity contribution is 5.41. The van der Waals surface area contributed by atoms with Gasteiger partial charge in [0.1, 0.15) is 11.9 Å². The first-order valence-corrected chi connectivity index (χ1v) is 4.19. The van der Waals surface area contributed by atoms with Crippen LogP contribution in [0.5, 0.6) is 11.6 Å². The van der Waals surface area contributed by atoms with Crippen molar-refractivity contribution in [3.63, 3.8) is 0 Å². The van der Waals surface area contributed by atoms with Crippen molar-refractivity contribution in [2.24, 2.45) is 5.73 Å². The molecule has 0 bridgehead atoms. The number of nitrogens with zero attached hydrogens (tertiary/aromatic N) is 1. The maximum Gasteiger partial charge on any atom is 0.222 e. The van der Waals surface area contributed by atoms with Gasteiger partial charge in [0.05, 0.1) is 19.8 Å². The number of rotatable bonds is 4. The first-order valence-electron chi connectivity index (χ1n) is 4.19. The van der Waals surface area contributed by atoms with E-state index in [0.29, 0.717) is 17.2 Å². The molecule has 0 fully saturated rings. The van der Waals surface area contributed by atoms with Gasteiger partial charge in [-0.3, -0.25) is 0 Å². The van der Waals surface area contributed by atoms with Gasteiger partial charge in [-0.15, -0.1) is 0 Å². The van der Waals surface area contributed by atoms with E-state index in [-0.39, 0.29) is 6.54 Å². The molecule has 0 saturated heterocycles. The molecular weight excluding hydrogens is 184 g/mol. The smallest absolute Gasteiger partial charge is 0.222 e. The van der Waals surface area contributed by atoms with E-state index in [4.69, 9.17) is 15.2 Å². The molecule has 1 aromatic rings. The maximum absolute atomic E-state index is 9.63. The summed E-state index contributed by atoms with van der Waals surface area (Å²) in [6.07, 6.45) is 0.721. The second-order valence-corrected chi connectivity index (χ2v) is 2.69. The SMILES string of the molecule is COc1ccnc(OC)c1C(O)CN. The Labute approximate surface area is 82.5 Å². The summed E-state index contributed by atoms with van der Waals surface area (Å²) in [6.45, 7) is 0.0956. The van der Waals surface area contributed by atoms with E-state index >= 15 is 0 Å². The molecular formula is C9H14N2O3. The van der Waals surface area contributed by atoms with Gasteiger partial charge in [0, 0.05) is 12.7 Å². The first kappa shape index (κ1) is 10.7. The van der Waals surface area contributed by atoms with Gasteiger partial charge >= 0.3 is 0 Å². The van der Waals surface area contributed by atoms with Crippen LogP contribution in [0.4, 0.5) is 0 Å². The number of aliphatic hydroxyl groups is 1. The van der Waals surface area contributed by atoms with E-state index in [9.17, 15) is 5.11 Å². The molecule has 0 amide bonds. The fourth-order valence-corrected chi connectivity index (χ4v) is 1.20. The average molecular weight is 198 g/mol. The van der Waals surface area contributed by atoms with E-state index in [0.717, 1.165) is 0 Å². The molecule has 0 aromatic carbocycles. The predicted molar refractivity (Wildman–Crippen MR) is 51.4 cm³/mol. The minimum absolute atomic E-state index is 0.0956. The van der Waals surface area contributed by atoms with Crippen LogP contribution in [0.25, 0.3) is 0 Å². The third kappa shape index (κ3) is 1.94. The lowest BCUT2D eigenvalue weighted by Crippen LogP contribution is -2.14. The van der Waals surface area contributed by atoms with Gasteiger partial charge in [0.15, 0.2) is 0 Å². The molecule has 1 unspecified atom stereocenters. The summed E-state index contributed by atoms with van der Waals surface area (Å²) >= 11 is 0. The third-order valence-electron chi connectivity index (χ3n) is 1.88. The highest BCUT2D eigenvalue weighted by Gasteiger charge is 2.18. The average Bonchev–Trinajstić information content (AvgIpc) is 2.26. The zero-order valence-corrected chi connectivity index (χ0v) is 8.23. The third-order valence-corrected chi connectivity index (χ3v) is 1.88. The van der Waals surface area contributed by atoms with Crippen molar-refractivity contribution in [2.75, 3.05) is 20.8 Å². The summed E-state index contributed by atoms with van der Waals surface area (Å²) in [4.78, 5) is 3.96. The van der Waals surface area contributed by atoms with Gasteiger partial charge in [-0.2, -0.15) is 0 Å². The predicted octanol–water partition coefficient (Wildman–Crippen LogP) is 0.0909. The Kier molecular flexibility index (Phi) is 3.67. The largest absolute Gasteiger partial charge is 0.496 e. The molecule has 1 atom stereocenters.